The molecule has 2 N–H and O–H groups in total. The fourth-order valence-electron chi connectivity index (χ4n) is 3.40. The van der Waals surface area contributed by atoms with E-state index in [0.717, 1.165) is 17.9 Å². The van der Waals surface area contributed by atoms with Gasteiger partial charge in [-0.1, -0.05) is 0 Å². The summed E-state index contributed by atoms with van der Waals surface area (Å²) in [7, 11) is 0. The molecule has 120 valence electrons. The van der Waals surface area contributed by atoms with Gasteiger partial charge < -0.3 is 15.5 Å². The minimum Gasteiger partial charge on any atom is -0.317 e. The van der Waals surface area contributed by atoms with Crippen molar-refractivity contribution in [1.82, 2.24) is 15.5 Å². The topological polar surface area (TPSA) is 27.3 Å². The van der Waals surface area contributed by atoms with E-state index in [1.807, 2.05) is 0 Å². The van der Waals surface area contributed by atoms with Crippen LogP contribution in [0, 0.1) is 11.8 Å². The van der Waals surface area contributed by atoms with Crippen molar-refractivity contribution in [2.45, 2.75) is 44.6 Å². The average Bonchev–Trinajstić information content (AvgIpc) is 3.23. The number of piperidine rings is 2. The maximum absolute atomic E-state index is 3.77. The summed E-state index contributed by atoms with van der Waals surface area (Å²) in [5.41, 5.74) is 0. The molecule has 0 unspecified atom stereocenters. The summed E-state index contributed by atoms with van der Waals surface area (Å²) in [6.45, 7) is 7.78. The van der Waals surface area contributed by atoms with Crippen LogP contribution in [0.15, 0.2) is 0 Å². The molecular formula is C15H31Cl2N3. The van der Waals surface area contributed by atoms with Gasteiger partial charge in [0.1, 0.15) is 0 Å². The number of likely N-dealkylation sites (tertiary alicyclic amines) is 1. The predicted octanol–water partition coefficient (Wildman–Crippen LogP) is 2.29. The van der Waals surface area contributed by atoms with Crippen LogP contribution in [0.5, 0.6) is 0 Å². The largest absolute Gasteiger partial charge is 0.317 e. The molecule has 0 atom stereocenters. The third-order valence-corrected chi connectivity index (χ3v) is 4.95. The van der Waals surface area contributed by atoms with Crippen molar-refractivity contribution in [2.24, 2.45) is 11.8 Å². The SMILES string of the molecule is C1CC(CN2CCC(NCC3CC3)CC2)CCN1.Cl.Cl. The number of rotatable bonds is 5. The maximum Gasteiger partial charge on any atom is 0.00915 e. The predicted molar refractivity (Wildman–Crippen MR) is 90.3 cm³/mol. The lowest BCUT2D eigenvalue weighted by Crippen LogP contribution is -2.45. The van der Waals surface area contributed by atoms with Crippen LogP contribution in [0.25, 0.3) is 0 Å². The van der Waals surface area contributed by atoms with Gasteiger partial charge in [0.2, 0.25) is 0 Å². The van der Waals surface area contributed by atoms with Crippen molar-refractivity contribution in [3.05, 3.63) is 0 Å². The smallest absolute Gasteiger partial charge is 0.00915 e. The highest BCUT2D eigenvalue weighted by Crippen LogP contribution is 2.28. The van der Waals surface area contributed by atoms with Crippen LogP contribution in [-0.2, 0) is 0 Å². The molecule has 0 spiro atoms. The number of hydrogen-bond donors (Lipinski definition) is 2. The minimum atomic E-state index is 0. The van der Waals surface area contributed by atoms with E-state index in [2.05, 4.69) is 15.5 Å². The highest BCUT2D eigenvalue weighted by Gasteiger charge is 2.25. The van der Waals surface area contributed by atoms with E-state index in [0.29, 0.717) is 0 Å². The first kappa shape index (κ1) is 18.5. The van der Waals surface area contributed by atoms with E-state index in [-0.39, 0.29) is 24.8 Å². The molecule has 0 bridgehead atoms. The Morgan fingerprint density at radius 2 is 1.50 bits per heavy atom. The Bertz CT molecular complexity index is 248. The van der Waals surface area contributed by atoms with Crippen LogP contribution < -0.4 is 10.6 Å². The highest BCUT2D eigenvalue weighted by molar-refractivity contribution is 5.85. The first-order valence-electron chi connectivity index (χ1n) is 8.06. The van der Waals surface area contributed by atoms with Crippen molar-refractivity contribution < 1.29 is 0 Å². The Morgan fingerprint density at radius 1 is 0.850 bits per heavy atom. The molecule has 3 nitrogen and oxygen atoms in total. The highest BCUT2D eigenvalue weighted by atomic mass is 35.5. The molecule has 2 heterocycles. The van der Waals surface area contributed by atoms with E-state index in [9.17, 15) is 0 Å². The third kappa shape index (κ3) is 6.07. The zero-order valence-electron chi connectivity index (χ0n) is 12.5. The fourth-order valence-corrected chi connectivity index (χ4v) is 3.40. The third-order valence-electron chi connectivity index (χ3n) is 4.95. The van der Waals surface area contributed by atoms with Crippen LogP contribution in [0.4, 0.5) is 0 Å². The quantitative estimate of drug-likeness (QED) is 0.813. The molecule has 3 aliphatic rings. The van der Waals surface area contributed by atoms with Gasteiger partial charge in [0.25, 0.3) is 0 Å². The van der Waals surface area contributed by atoms with E-state index in [1.165, 1.54) is 77.8 Å². The van der Waals surface area contributed by atoms with Gasteiger partial charge in [-0.2, -0.15) is 0 Å². The van der Waals surface area contributed by atoms with Crippen molar-refractivity contribution in [3.63, 3.8) is 0 Å². The van der Waals surface area contributed by atoms with Crippen molar-refractivity contribution >= 4 is 24.8 Å². The Labute approximate surface area is 136 Å². The van der Waals surface area contributed by atoms with Crippen molar-refractivity contribution in [3.8, 4) is 0 Å². The molecule has 0 aromatic rings. The number of nitrogens with zero attached hydrogens (tertiary/aromatic N) is 1. The van der Waals surface area contributed by atoms with Gasteiger partial charge >= 0.3 is 0 Å². The monoisotopic (exact) mass is 323 g/mol. The number of nitrogens with one attached hydrogen (secondary N) is 2. The lowest BCUT2D eigenvalue weighted by Gasteiger charge is -2.35. The van der Waals surface area contributed by atoms with Crippen molar-refractivity contribution in [2.75, 3.05) is 39.3 Å². The van der Waals surface area contributed by atoms with Crippen LogP contribution in [-0.4, -0.2) is 50.2 Å². The molecule has 1 aliphatic carbocycles. The maximum atomic E-state index is 3.77. The normalized spacial score (nSPS) is 25.8. The van der Waals surface area contributed by atoms with E-state index >= 15 is 0 Å². The van der Waals surface area contributed by atoms with Gasteiger partial charge in [-0.15, -0.1) is 24.8 Å². The number of hydrogen-bond acceptors (Lipinski definition) is 3. The lowest BCUT2D eigenvalue weighted by molar-refractivity contribution is 0.158. The molecule has 0 aromatic carbocycles. The summed E-state index contributed by atoms with van der Waals surface area (Å²) in [5, 5.41) is 7.23. The average molecular weight is 324 g/mol. The molecular weight excluding hydrogens is 293 g/mol. The molecule has 20 heavy (non-hydrogen) atoms. The molecule has 0 radical (unpaired) electrons. The van der Waals surface area contributed by atoms with Gasteiger partial charge in [0, 0.05) is 12.6 Å². The molecule has 0 amide bonds. The second-order valence-electron chi connectivity index (χ2n) is 6.62. The number of halogens is 2. The first-order chi connectivity index (χ1) is 8.90. The second-order valence-corrected chi connectivity index (χ2v) is 6.62. The van der Waals surface area contributed by atoms with E-state index in [4.69, 9.17) is 0 Å². The Hall–Kier alpha value is 0.460. The van der Waals surface area contributed by atoms with Gasteiger partial charge in [-0.3, -0.25) is 0 Å². The summed E-state index contributed by atoms with van der Waals surface area (Å²) in [4.78, 5) is 2.71. The molecule has 2 saturated heterocycles. The van der Waals surface area contributed by atoms with Crippen LogP contribution in [0.2, 0.25) is 0 Å². The summed E-state index contributed by atoms with van der Waals surface area (Å²) in [6.07, 6.45) is 8.47. The van der Waals surface area contributed by atoms with Gasteiger partial charge in [-0.25, -0.2) is 0 Å². The molecule has 1 saturated carbocycles. The molecule has 5 heteroatoms. The van der Waals surface area contributed by atoms with Gasteiger partial charge in [0.05, 0.1) is 0 Å². The minimum absolute atomic E-state index is 0. The summed E-state index contributed by atoms with van der Waals surface area (Å²) < 4.78 is 0. The Balaban J connectivity index is 0.000001000. The molecule has 3 rings (SSSR count). The first-order valence-corrected chi connectivity index (χ1v) is 8.06. The lowest BCUT2D eigenvalue weighted by atomic mass is 9.96. The van der Waals surface area contributed by atoms with Crippen molar-refractivity contribution in [1.29, 1.82) is 0 Å². The summed E-state index contributed by atoms with van der Waals surface area (Å²) in [5.74, 6) is 1.99. The zero-order chi connectivity index (χ0) is 12.2. The Morgan fingerprint density at radius 3 is 2.10 bits per heavy atom. The molecule has 2 aliphatic heterocycles. The van der Waals surface area contributed by atoms with E-state index in [1.54, 1.807) is 0 Å². The second kappa shape index (κ2) is 9.47. The van der Waals surface area contributed by atoms with E-state index < -0.39 is 0 Å². The standard InChI is InChI=1S/C15H29N3.2ClH/c1-2-13(1)11-17-15-5-9-18(10-6-15)12-14-3-7-16-8-4-14;;/h13-17H,1-12H2;2*1H. The van der Waals surface area contributed by atoms with Gasteiger partial charge in [-0.05, 0) is 83.1 Å². The van der Waals surface area contributed by atoms with Gasteiger partial charge in [0.15, 0.2) is 0 Å². The fraction of sp³-hybridized carbons (Fsp3) is 1.00. The summed E-state index contributed by atoms with van der Waals surface area (Å²) >= 11 is 0. The van der Waals surface area contributed by atoms with Crippen LogP contribution >= 0.6 is 24.8 Å². The Kier molecular flexibility index (Phi) is 8.77. The van der Waals surface area contributed by atoms with Crippen LogP contribution in [0.1, 0.15) is 38.5 Å². The molecule has 0 aromatic heterocycles. The summed E-state index contributed by atoms with van der Waals surface area (Å²) in [6, 6.07) is 0.815. The molecule has 3 fully saturated rings. The van der Waals surface area contributed by atoms with Crippen LogP contribution in [0.3, 0.4) is 0 Å². The zero-order valence-corrected chi connectivity index (χ0v) is 14.1.